The number of methoxy groups -OCH3 is 1. The molecule has 20 heavy (non-hydrogen) atoms. The lowest BCUT2D eigenvalue weighted by molar-refractivity contribution is 0.405. The fourth-order valence-electron chi connectivity index (χ4n) is 2.38. The summed E-state index contributed by atoms with van der Waals surface area (Å²) >= 11 is 6.13. The second-order valence-corrected chi connectivity index (χ2v) is 5.14. The third-order valence-corrected chi connectivity index (χ3v) is 3.75. The van der Waals surface area contributed by atoms with Gasteiger partial charge in [-0.1, -0.05) is 42.8 Å². The van der Waals surface area contributed by atoms with E-state index in [0.29, 0.717) is 5.02 Å². The molecule has 1 atom stereocenters. The molecular weight excluding hydrogens is 270 g/mol. The number of nitrogens with one attached hydrogen (secondary N) is 1. The van der Waals surface area contributed by atoms with Gasteiger partial charge in [-0.15, -0.1) is 0 Å². The average molecular weight is 290 g/mol. The van der Waals surface area contributed by atoms with E-state index in [9.17, 15) is 0 Å². The second kappa shape index (κ2) is 6.78. The molecule has 0 saturated carbocycles. The van der Waals surface area contributed by atoms with Crippen LogP contribution in [0.15, 0.2) is 42.5 Å². The van der Waals surface area contributed by atoms with E-state index in [1.807, 2.05) is 25.2 Å². The van der Waals surface area contributed by atoms with Crippen LogP contribution < -0.4 is 10.1 Å². The smallest absolute Gasteiger partial charge is 0.124 e. The molecule has 3 heteroatoms. The van der Waals surface area contributed by atoms with Crippen molar-refractivity contribution < 1.29 is 4.74 Å². The fourth-order valence-corrected chi connectivity index (χ4v) is 2.56. The molecular formula is C17H20ClNO. The van der Waals surface area contributed by atoms with Gasteiger partial charge in [0.25, 0.3) is 0 Å². The van der Waals surface area contributed by atoms with E-state index in [4.69, 9.17) is 16.3 Å². The van der Waals surface area contributed by atoms with Gasteiger partial charge in [-0.25, -0.2) is 0 Å². The fraction of sp³-hybridized carbons (Fsp3) is 0.294. The Morgan fingerprint density at radius 3 is 2.40 bits per heavy atom. The van der Waals surface area contributed by atoms with Gasteiger partial charge in [0.05, 0.1) is 13.2 Å². The first-order valence-corrected chi connectivity index (χ1v) is 7.17. The van der Waals surface area contributed by atoms with Crippen molar-refractivity contribution in [3.63, 3.8) is 0 Å². The van der Waals surface area contributed by atoms with Gasteiger partial charge in [0.1, 0.15) is 5.75 Å². The average Bonchev–Trinajstić information content (AvgIpc) is 2.49. The number of hydrogen-bond donors (Lipinski definition) is 1. The molecule has 0 saturated heterocycles. The predicted molar refractivity (Wildman–Crippen MR) is 84.7 cm³/mol. The maximum atomic E-state index is 6.13. The lowest BCUT2D eigenvalue weighted by Crippen LogP contribution is -2.18. The normalized spacial score (nSPS) is 12.2. The maximum Gasteiger partial charge on any atom is 0.124 e. The predicted octanol–water partition coefficient (Wildman–Crippen LogP) is 4.22. The van der Waals surface area contributed by atoms with Crippen LogP contribution in [0.3, 0.4) is 0 Å². The van der Waals surface area contributed by atoms with Crippen molar-refractivity contribution in [2.75, 3.05) is 14.2 Å². The van der Waals surface area contributed by atoms with Crippen LogP contribution in [0.5, 0.6) is 5.75 Å². The highest BCUT2D eigenvalue weighted by atomic mass is 35.5. The molecule has 0 bridgehead atoms. The third kappa shape index (κ3) is 3.14. The molecule has 0 aliphatic carbocycles. The van der Waals surface area contributed by atoms with Crippen molar-refractivity contribution in [1.82, 2.24) is 5.32 Å². The van der Waals surface area contributed by atoms with Crippen LogP contribution in [-0.4, -0.2) is 14.2 Å². The summed E-state index contributed by atoms with van der Waals surface area (Å²) in [6, 6.07) is 14.4. The zero-order valence-corrected chi connectivity index (χ0v) is 12.9. The topological polar surface area (TPSA) is 21.3 Å². The van der Waals surface area contributed by atoms with E-state index >= 15 is 0 Å². The molecule has 0 aromatic heterocycles. The summed E-state index contributed by atoms with van der Waals surface area (Å²) in [5, 5.41) is 4.05. The minimum Gasteiger partial charge on any atom is -0.496 e. The Kier molecular flexibility index (Phi) is 5.05. The monoisotopic (exact) mass is 289 g/mol. The quantitative estimate of drug-likeness (QED) is 0.890. The van der Waals surface area contributed by atoms with Crippen LogP contribution in [0.1, 0.15) is 29.7 Å². The maximum absolute atomic E-state index is 6.13. The van der Waals surface area contributed by atoms with Gasteiger partial charge in [0.15, 0.2) is 0 Å². The highest BCUT2D eigenvalue weighted by molar-refractivity contribution is 6.30. The Hall–Kier alpha value is -1.51. The summed E-state index contributed by atoms with van der Waals surface area (Å²) in [5.41, 5.74) is 3.58. The third-order valence-electron chi connectivity index (χ3n) is 3.51. The van der Waals surface area contributed by atoms with Crippen molar-refractivity contribution in [3.05, 3.63) is 64.2 Å². The van der Waals surface area contributed by atoms with Crippen LogP contribution in [0.2, 0.25) is 5.02 Å². The molecule has 2 aromatic carbocycles. The molecule has 0 aliphatic heterocycles. The lowest BCUT2D eigenvalue weighted by atomic mass is 9.96. The molecule has 0 aliphatic rings. The molecule has 1 unspecified atom stereocenters. The van der Waals surface area contributed by atoms with Crippen molar-refractivity contribution in [2.24, 2.45) is 0 Å². The summed E-state index contributed by atoms with van der Waals surface area (Å²) in [4.78, 5) is 0. The number of rotatable bonds is 5. The summed E-state index contributed by atoms with van der Waals surface area (Å²) < 4.78 is 5.45. The van der Waals surface area contributed by atoms with Gasteiger partial charge in [-0.3, -0.25) is 0 Å². The number of aryl methyl sites for hydroxylation is 1. The van der Waals surface area contributed by atoms with Crippen LogP contribution in [0, 0.1) is 0 Å². The van der Waals surface area contributed by atoms with Crippen molar-refractivity contribution in [2.45, 2.75) is 19.4 Å². The first kappa shape index (κ1) is 14.9. The van der Waals surface area contributed by atoms with Crippen LogP contribution in [0.25, 0.3) is 0 Å². The lowest BCUT2D eigenvalue weighted by Gasteiger charge is -2.20. The Labute approximate surface area is 125 Å². The van der Waals surface area contributed by atoms with Crippen LogP contribution in [0.4, 0.5) is 0 Å². The molecule has 0 spiro atoms. The van der Waals surface area contributed by atoms with Crippen LogP contribution >= 0.6 is 11.6 Å². The largest absolute Gasteiger partial charge is 0.496 e. The van der Waals surface area contributed by atoms with E-state index < -0.39 is 0 Å². The van der Waals surface area contributed by atoms with E-state index in [1.165, 1.54) is 11.1 Å². The van der Waals surface area contributed by atoms with Crippen molar-refractivity contribution >= 4 is 11.6 Å². The van der Waals surface area contributed by atoms with Gasteiger partial charge >= 0.3 is 0 Å². The molecule has 106 valence electrons. The molecule has 2 nitrogen and oxygen atoms in total. The molecule has 1 N–H and O–H groups in total. The highest BCUT2D eigenvalue weighted by Gasteiger charge is 2.17. The minimum atomic E-state index is 0.0644. The SMILES string of the molecule is CCc1ccc(C(NC)c2cc(Cl)ccc2OC)cc1. The Morgan fingerprint density at radius 2 is 1.85 bits per heavy atom. The zero-order valence-electron chi connectivity index (χ0n) is 12.1. The molecule has 2 rings (SSSR count). The van der Waals surface area contributed by atoms with E-state index in [2.05, 4.69) is 36.5 Å². The van der Waals surface area contributed by atoms with E-state index in [-0.39, 0.29) is 6.04 Å². The molecule has 2 aromatic rings. The van der Waals surface area contributed by atoms with Crippen molar-refractivity contribution in [3.8, 4) is 5.75 Å². The van der Waals surface area contributed by atoms with Crippen molar-refractivity contribution in [1.29, 1.82) is 0 Å². The van der Waals surface area contributed by atoms with Crippen LogP contribution in [-0.2, 0) is 6.42 Å². The summed E-state index contributed by atoms with van der Waals surface area (Å²) in [7, 11) is 3.62. The molecule has 0 heterocycles. The first-order valence-electron chi connectivity index (χ1n) is 6.79. The summed E-state index contributed by atoms with van der Waals surface area (Å²) in [6.45, 7) is 2.16. The second-order valence-electron chi connectivity index (χ2n) is 4.70. The van der Waals surface area contributed by atoms with Gasteiger partial charge in [-0.05, 0) is 42.8 Å². The minimum absolute atomic E-state index is 0.0644. The number of hydrogen-bond acceptors (Lipinski definition) is 2. The molecule has 0 radical (unpaired) electrons. The molecule has 0 fully saturated rings. The summed E-state index contributed by atoms with van der Waals surface area (Å²) in [6.07, 6.45) is 1.05. The number of benzene rings is 2. The van der Waals surface area contributed by atoms with Gasteiger partial charge in [0.2, 0.25) is 0 Å². The highest BCUT2D eigenvalue weighted by Crippen LogP contribution is 2.32. The van der Waals surface area contributed by atoms with E-state index in [0.717, 1.165) is 17.7 Å². The first-order chi connectivity index (χ1) is 9.69. The van der Waals surface area contributed by atoms with Gasteiger partial charge in [-0.2, -0.15) is 0 Å². The van der Waals surface area contributed by atoms with Gasteiger partial charge in [0, 0.05) is 10.6 Å². The zero-order chi connectivity index (χ0) is 14.5. The number of halogens is 1. The summed E-state index contributed by atoms with van der Waals surface area (Å²) in [5.74, 6) is 0.841. The Morgan fingerprint density at radius 1 is 1.15 bits per heavy atom. The Bertz CT molecular complexity index is 566. The molecule has 0 amide bonds. The number of ether oxygens (including phenoxy) is 1. The standard InChI is InChI=1S/C17H20ClNO/c1-4-12-5-7-13(8-6-12)17(19-2)15-11-14(18)9-10-16(15)20-3/h5-11,17,19H,4H2,1-3H3. The van der Waals surface area contributed by atoms with E-state index in [1.54, 1.807) is 7.11 Å². The Balaban J connectivity index is 2.43. The van der Waals surface area contributed by atoms with Gasteiger partial charge < -0.3 is 10.1 Å².